The molecule has 3 rings (SSSR count). The first kappa shape index (κ1) is 13.7. The van der Waals surface area contributed by atoms with E-state index in [9.17, 15) is 5.11 Å². The minimum atomic E-state index is -0.448. The fraction of sp³-hybridized carbons (Fsp3) is 0.571. The number of likely N-dealkylation sites (tertiary alicyclic amines) is 1. The van der Waals surface area contributed by atoms with E-state index in [0.717, 1.165) is 44.0 Å². The molecular formula is C14H20N4OS. The summed E-state index contributed by atoms with van der Waals surface area (Å²) in [7, 11) is 1.93. The van der Waals surface area contributed by atoms with Crippen LogP contribution in [0.25, 0.3) is 0 Å². The van der Waals surface area contributed by atoms with Gasteiger partial charge in [0.2, 0.25) is 0 Å². The van der Waals surface area contributed by atoms with Gasteiger partial charge in [-0.15, -0.1) is 11.3 Å². The molecule has 0 aromatic carbocycles. The Labute approximate surface area is 122 Å². The van der Waals surface area contributed by atoms with Crippen LogP contribution in [0.3, 0.4) is 0 Å². The SMILES string of the molecule is Cn1ccnc1[C@@H](O)C1CCN(Cc2cscn2)CC1. The third kappa shape index (κ3) is 2.92. The lowest BCUT2D eigenvalue weighted by Gasteiger charge is -2.33. The molecule has 0 saturated carbocycles. The molecule has 0 spiro atoms. The van der Waals surface area contributed by atoms with Crippen LogP contribution in [-0.2, 0) is 13.6 Å². The Bertz CT molecular complexity index is 531. The number of hydrogen-bond acceptors (Lipinski definition) is 5. The summed E-state index contributed by atoms with van der Waals surface area (Å²) in [4.78, 5) is 11.0. The smallest absolute Gasteiger partial charge is 0.137 e. The van der Waals surface area contributed by atoms with Gasteiger partial charge in [-0.2, -0.15) is 0 Å². The molecule has 0 aliphatic carbocycles. The number of hydrogen-bond donors (Lipinski definition) is 1. The minimum absolute atomic E-state index is 0.308. The van der Waals surface area contributed by atoms with E-state index in [2.05, 4.69) is 20.2 Å². The van der Waals surface area contributed by atoms with Gasteiger partial charge in [0.25, 0.3) is 0 Å². The molecule has 3 heterocycles. The molecule has 1 aliphatic heterocycles. The van der Waals surface area contributed by atoms with Crippen molar-refractivity contribution in [2.75, 3.05) is 13.1 Å². The van der Waals surface area contributed by atoms with Gasteiger partial charge in [0.1, 0.15) is 11.9 Å². The molecule has 0 bridgehead atoms. The third-order valence-corrected chi connectivity index (χ3v) is 4.71. The first-order valence-corrected chi connectivity index (χ1v) is 7.93. The van der Waals surface area contributed by atoms with Crippen molar-refractivity contribution < 1.29 is 5.11 Å². The predicted molar refractivity (Wildman–Crippen MR) is 78.3 cm³/mol. The van der Waals surface area contributed by atoms with Crippen LogP contribution in [0.5, 0.6) is 0 Å². The Morgan fingerprint density at radius 2 is 2.20 bits per heavy atom. The number of piperidine rings is 1. The van der Waals surface area contributed by atoms with E-state index < -0.39 is 6.10 Å². The monoisotopic (exact) mass is 292 g/mol. The molecular weight excluding hydrogens is 272 g/mol. The maximum Gasteiger partial charge on any atom is 0.137 e. The zero-order chi connectivity index (χ0) is 13.9. The van der Waals surface area contributed by atoms with Gasteiger partial charge in [-0.05, 0) is 31.8 Å². The average Bonchev–Trinajstić information content (AvgIpc) is 3.10. The Kier molecular flexibility index (Phi) is 4.14. The van der Waals surface area contributed by atoms with Crippen LogP contribution in [0.1, 0.15) is 30.5 Å². The summed E-state index contributed by atoms with van der Waals surface area (Å²) >= 11 is 1.64. The summed E-state index contributed by atoms with van der Waals surface area (Å²) in [6.45, 7) is 2.96. The quantitative estimate of drug-likeness (QED) is 0.934. The normalized spacial score (nSPS) is 19.3. The molecule has 1 fully saturated rings. The molecule has 0 unspecified atom stereocenters. The average molecular weight is 292 g/mol. The van der Waals surface area contributed by atoms with Crippen LogP contribution < -0.4 is 0 Å². The molecule has 0 radical (unpaired) electrons. The predicted octanol–water partition coefficient (Wildman–Crippen LogP) is 1.82. The van der Waals surface area contributed by atoms with Gasteiger partial charge < -0.3 is 9.67 Å². The highest BCUT2D eigenvalue weighted by Crippen LogP contribution is 2.30. The van der Waals surface area contributed by atoms with Gasteiger partial charge >= 0.3 is 0 Å². The molecule has 1 saturated heterocycles. The second-order valence-electron chi connectivity index (χ2n) is 5.43. The van der Waals surface area contributed by atoms with Gasteiger partial charge in [0.15, 0.2) is 0 Å². The van der Waals surface area contributed by atoms with E-state index in [1.54, 1.807) is 17.5 Å². The summed E-state index contributed by atoms with van der Waals surface area (Å²) in [6.07, 6.45) is 5.21. The highest BCUT2D eigenvalue weighted by Gasteiger charge is 2.28. The van der Waals surface area contributed by atoms with E-state index in [-0.39, 0.29) is 0 Å². The van der Waals surface area contributed by atoms with Crippen LogP contribution in [0.4, 0.5) is 0 Å². The molecule has 1 atom stereocenters. The Morgan fingerprint density at radius 3 is 2.80 bits per heavy atom. The van der Waals surface area contributed by atoms with Gasteiger partial charge in [-0.1, -0.05) is 0 Å². The molecule has 20 heavy (non-hydrogen) atoms. The number of aliphatic hydroxyl groups is 1. The molecule has 2 aromatic rings. The fourth-order valence-electron chi connectivity index (χ4n) is 2.84. The molecule has 1 aliphatic rings. The number of aryl methyl sites for hydroxylation is 1. The lowest BCUT2D eigenvalue weighted by molar-refractivity contribution is 0.0489. The van der Waals surface area contributed by atoms with Crippen LogP contribution in [0.2, 0.25) is 0 Å². The third-order valence-electron chi connectivity index (χ3n) is 4.07. The topological polar surface area (TPSA) is 54.2 Å². The van der Waals surface area contributed by atoms with Crippen LogP contribution in [-0.4, -0.2) is 37.6 Å². The summed E-state index contributed by atoms with van der Waals surface area (Å²) < 4.78 is 1.91. The number of aromatic nitrogens is 3. The van der Waals surface area contributed by atoms with Crippen molar-refractivity contribution in [1.82, 2.24) is 19.4 Å². The Morgan fingerprint density at radius 1 is 1.40 bits per heavy atom. The van der Waals surface area contributed by atoms with E-state index in [4.69, 9.17) is 0 Å². The molecule has 5 nitrogen and oxygen atoms in total. The van der Waals surface area contributed by atoms with Crippen molar-refractivity contribution in [1.29, 1.82) is 0 Å². The van der Waals surface area contributed by atoms with E-state index in [1.165, 1.54) is 0 Å². The molecule has 2 aromatic heterocycles. The number of nitrogens with zero attached hydrogens (tertiary/aromatic N) is 4. The Hall–Kier alpha value is -1.24. The van der Waals surface area contributed by atoms with Crippen molar-refractivity contribution in [3.63, 3.8) is 0 Å². The van der Waals surface area contributed by atoms with Gasteiger partial charge in [-0.25, -0.2) is 9.97 Å². The standard InChI is InChI=1S/C14H20N4OS/c1-17-7-4-15-14(17)13(19)11-2-5-18(6-3-11)8-12-9-20-10-16-12/h4,7,9-11,13,19H,2-3,5-6,8H2,1H3/t13-/m0/s1. The zero-order valence-electron chi connectivity index (χ0n) is 11.6. The number of aliphatic hydroxyl groups excluding tert-OH is 1. The lowest BCUT2D eigenvalue weighted by Crippen LogP contribution is -2.35. The van der Waals surface area contributed by atoms with E-state index >= 15 is 0 Å². The number of imidazole rings is 1. The highest BCUT2D eigenvalue weighted by molar-refractivity contribution is 7.07. The van der Waals surface area contributed by atoms with Crippen molar-refractivity contribution in [3.05, 3.63) is 34.8 Å². The van der Waals surface area contributed by atoms with Gasteiger partial charge in [-0.3, -0.25) is 4.90 Å². The zero-order valence-corrected chi connectivity index (χ0v) is 12.5. The molecule has 6 heteroatoms. The van der Waals surface area contributed by atoms with Gasteiger partial charge in [0.05, 0.1) is 11.2 Å². The first-order chi connectivity index (χ1) is 9.74. The van der Waals surface area contributed by atoms with Crippen molar-refractivity contribution >= 4 is 11.3 Å². The summed E-state index contributed by atoms with van der Waals surface area (Å²) in [5, 5.41) is 12.6. The summed E-state index contributed by atoms with van der Waals surface area (Å²) in [5.74, 6) is 1.09. The van der Waals surface area contributed by atoms with E-state index in [0.29, 0.717) is 5.92 Å². The van der Waals surface area contributed by atoms with Crippen LogP contribution in [0, 0.1) is 5.92 Å². The van der Waals surface area contributed by atoms with Crippen LogP contribution >= 0.6 is 11.3 Å². The maximum atomic E-state index is 10.4. The van der Waals surface area contributed by atoms with Crippen LogP contribution in [0.15, 0.2) is 23.3 Å². The first-order valence-electron chi connectivity index (χ1n) is 6.98. The Balaban J connectivity index is 1.54. The second kappa shape index (κ2) is 6.03. The largest absolute Gasteiger partial charge is 0.385 e. The highest BCUT2D eigenvalue weighted by atomic mass is 32.1. The summed E-state index contributed by atoms with van der Waals surface area (Å²) in [5.41, 5.74) is 3.03. The van der Waals surface area contributed by atoms with Crippen molar-refractivity contribution in [3.8, 4) is 0 Å². The molecule has 0 amide bonds. The van der Waals surface area contributed by atoms with Gasteiger partial charge in [0, 0.05) is 31.4 Å². The maximum absolute atomic E-state index is 10.4. The number of thiazole rings is 1. The minimum Gasteiger partial charge on any atom is -0.385 e. The molecule has 108 valence electrons. The number of rotatable bonds is 4. The fourth-order valence-corrected chi connectivity index (χ4v) is 3.39. The molecule has 1 N–H and O–H groups in total. The lowest BCUT2D eigenvalue weighted by atomic mass is 9.90. The second-order valence-corrected chi connectivity index (χ2v) is 6.15. The van der Waals surface area contributed by atoms with Crippen molar-refractivity contribution in [2.45, 2.75) is 25.5 Å². The van der Waals surface area contributed by atoms with Crippen molar-refractivity contribution in [2.24, 2.45) is 13.0 Å². The summed E-state index contributed by atoms with van der Waals surface area (Å²) in [6, 6.07) is 0. The van der Waals surface area contributed by atoms with E-state index in [1.807, 2.05) is 23.3 Å².